The lowest BCUT2D eigenvalue weighted by molar-refractivity contribution is -0.311. The van der Waals surface area contributed by atoms with Crippen LogP contribution in [0.1, 0.15) is 19.4 Å². The van der Waals surface area contributed by atoms with Crippen molar-refractivity contribution in [3.63, 3.8) is 0 Å². The number of fused-ring (bicyclic) bond motifs is 3. The number of esters is 1. The molecule has 0 amide bonds. The van der Waals surface area contributed by atoms with Crippen LogP contribution >= 0.6 is 0 Å². The molecule has 1 aromatic rings. The van der Waals surface area contributed by atoms with E-state index in [1.807, 2.05) is 6.92 Å². The van der Waals surface area contributed by atoms with E-state index >= 15 is 0 Å². The van der Waals surface area contributed by atoms with E-state index in [4.69, 9.17) is 18.9 Å². The second kappa shape index (κ2) is 8.51. The third-order valence-corrected chi connectivity index (χ3v) is 7.69. The maximum atomic E-state index is 13.6. The summed E-state index contributed by atoms with van der Waals surface area (Å²) in [6.45, 7) is 4.89. The molecule has 3 aliphatic rings. The van der Waals surface area contributed by atoms with E-state index in [1.165, 1.54) is 26.2 Å². The van der Waals surface area contributed by atoms with Crippen molar-refractivity contribution in [1.29, 1.82) is 0 Å². The van der Waals surface area contributed by atoms with Gasteiger partial charge in [-0.25, -0.2) is 8.42 Å². The van der Waals surface area contributed by atoms with Crippen LogP contribution in [0.2, 0.25) is 0 Å². The van der Waals surface area contributed by atoms with E-state index in [0.29, 0.717) is 0 Å². The first-order valence-electron chi connectivity index (χ1n) is 9.49. The minimum absolute atomic E-state index is 0.0678. The van der Waals surface area contributed by atoms with Crippen molar-refractivity contribution < 1.29 is 37.0 Å². The molecule has 3 saturated heterocycles. The number of hydrogen-bond donors (Lipinski definition) is 0. The van der Waals surface area contributed by atoms with Gasteiger partial charge in [0.25, 0.3) is 0 Å². The third kappa shape index (κ3) is 3.96. The fraction of sp³-hybridized carbons (Fsp3) is 0.600. The minimum atomic E-state index is -3.97. The Labute approximate surface area is 170 Å². The van der Waals surface area contributed by atoms with Gasteiger partial charge in [0.15, 0.2) is 16.1 Å². The first-order valence-corrected chi connectivity index (χ1v) is 11.0. The number of sulfone groups is 1. The molecule has 3 fully saturated rings. The molecule has 0 spiro atoms. The van der Waals surface area contributed by atoms with Gasteiger partial charge in [0.05, 0.1) is 24.2 Å². The van der Waals surface area contributed by atoms with E-state index in [2.05, 4.69) is 0 Å². The fourth-order valence-corrected chi connectivity index (χ4v) is 6.28. The van der Waals surface area contributed by atoms with Crippen LogP contribution in [0.3, 0.4) is 0 Å². The SMILES string of the molecule is CCOC(=O)C(C(C)=O)[C@H]1[C@H](S(=O)(=O)c2ccc(C)cc2)[C@@H]2OC[C@H]1O[C@@H]2OC. The lowest BCUT2D eigenvalue weighted by atomic mass is 9.77. The Morgan fingerprint density at radius 3 is 2.45 bits per heavy atom. The van der Waals surface area contributed by atoms with Crippen LogP contribution in [0.5, 0.6) is 0 Å². The Hall–Kier alpha value is -1.81. The predicted octanol–water partition coefficient (Wildman–Crippen LogP) is 1.29. The topological polar surface area (TPSA) is 105 Å². The Balaban J connectivity index is 2.11. The van der Waals surface area contributed by atoms with E-state index in [1.54, 1.807) is 19.1 Å². The number of aryl methyl sites for hydroxylation is 1. The largest absolute Gasteiger partial charge is 0.465 e. The van der Waals surface area contributed by atoms with Crippen molar-refractivity contribution >= 4 is 21.6 Å². The molecule has 29 heavy (non-hydrogen) atoms. The smallest absolute Gasteiger partial charge is 0.316 e. The van der Waals surface area contributed by atoms with Crippen LogP contribution in [0.25, 0.3) is 0 Å². The third-order valence-electron chi connectivity index (χ3n) is 5.47. The summed E-state index contributed by atoms with van der Waals surface area (Å²) in [5.74, 6) is -3.43. The second-order valence-electron chi connectivity index (χ2n) is 7.32. The summed E-state index contributed by atoms with van der Waals surface area (Å²) < 4.78 is 49.1. The quantitative estimate of drug-likeness (QED) is 0.474. The monoisotopic (exact) mass is 426 g/mol. The second-order valence-corrected chi connectivity index (χ2v) is 9.42. The molecular weight excluding hydrogens is 400 g/mol. The molecule has 3 aliphatic heterocycles. The number of rotatable bonds is 7. The van der Waals surface area contributed by atoms with Gasteiger partial charge in [-0.3, -0.25) is 9.59 Å². The molecule has 0 aromatic heterocycles. The highest BCUT2D eigenvalue weighted by Gasteiger charge is 2.61. The Morgan fingerprint density at radius 1 is 1.24 bits per heavy atom. The molecule has 1 aromatic carbocycles. The molecule has 6 atom stereocenters. The van der Waals surface area contributed by atoms with Crippen molar-refractivity contribution in [2.75, 3.05) is 20.3 Å². The fourth-order valence-electron chi connectivity index (χ4n) is 4.14. The maximum Gasteiger partial charge on any atom is 0.316 e. The van der Waals surface area contributed by atoms with Gasteiger partial charge in [-0.2, -0.15) is 0 Å². The van der Waals surface area contributed by atoms with Gasteiger partial charge in [0.1, 0.15) is 23.1 Å². The van der Waals surface area contributed by atoms with Crippen LogP contribution in [-0.4, -0.2) is 64.2 Å². The summed E-state index contributed by atoms with van der Waals surface area (Å²) in [6.07, 6.45) is -2.68. The molecule has 4 rings (SSSR count). The van der Waals surface area contributed by atoms with Crippen LogP contribution in [0.4, 0.5) is 0 Å². The van der Waals surface area contributed by atoms with Gasteiger partial charge in [-0.05, 0) is 32.9 Å². The highest BCUT2D eigenvalue weighted by Crippen LogP contribution is 2.44. The van der Waals surface area contributed by atoms with Crippen LogP contribution in [0, 0.1) is 18.8 Å². The average molecular weight is 426 g/mol. The number of ketones is 1. The van der Waals surface area contributed by atoms with Crippen molar-refractivity contribution in [1.82, 2.24) is 0 Å². The van der Waals surface area contributed by atoms with E-state index in [-0.39, 0.29) is 18.1 Å². The molecule has 2 bridgehead atoms. The van der Waals surface area contributed by atoms with Crippen LogP contribution in [0.15, 0.2) is 29.2 Å². The van der Waals surface area contributed by atoms with Crippen molar-refractivity contribution in [2.24, 2.45) is 11.8 Å². The standard InChI is InChI=1S/C20H26O8S/c1-5-26-19(22)15(12(3)21)16-14-10-27-17(20(25-4)28-14)18(16)29(23,24)13-8-6-11(2)7-9-13/h6-9,14-18,20H,5,10H2,1-4H3/t14-,15?,16+,17+,18+,20+/m1/s1. The zero-order chi connectivity index (χ0) is 21.3. The molecule has 3 heterocycles. The van der Waals surface area contributed by atoms with Crippen LogP contribution < -0.4 is 0 Å². The van der Waals surface area contributed by atoms with Gasteiger partial charge >= 0.3 is 5.97 Å². The van der Waals surface area contributed by atoms with Gasteiger partial charge in [0, 0.05) is 13.0 Å². The van der Waals surface area contributed by atoms with E-state index < -0.39 is 57.2 Å². The molecule has 1 unspecified atom stereocenters. The summed E-state index contributed by atoms with van der Waals surface area (Å²) in [4.78, 5) is 25.1. The normalized spacial score (nSPS) is 30.0. The first-order chi connectivity index (χ1) is 13.7. The molecule has 0 N–H and O–H groups in total. The summed E-state index contributed by atoms with van der Waals surface area (Å²) in [5.41, 5.74) is 0.910. The lowest BCUT2D eigenvalue weighted by Gasteiger charge is -2.51. The van der Waals surface area contributed by atoms with Gasteiger partial charge in [-0.15, -0.1) is 0 Å². The van der Waals surface area contributed by atoms with Crippen LogP contribution in [-0.2, 0) is 38.4 Å². The number of hydrogen-bond acceptors (Lipinski definition) is 8. The zero-order valence-electron chi connectivity index (χ0n) is 16.9. The first kappa shape index (κ1) is 21.9. The molecule has 9 heteroatoms. The van der Waals surface area contributed by atoms with E-state index in [0.717, 1.165) is 5.56 Å². The molecular formula is C20H26O8S. The van der Waals surface area contributed by atoms with Crippen molar-refractivity contribution in [3.05, 3.63) is 29.8 Å². The summed E-state index contributed by atoms with van der Waals surface area (Å²) in [6, 6.07) is 6.42. The summed E-state index contributed by atoms with van der Waals surface area (Å²) in [5, 5.41) is -1.19. The minimum Gasteiger partial charge on any atom is -0.465 e. The molecule has 0 aliphatic carbocycles. The predicted molar refractivity (Wildman–Crippen MR) is 102 cm³/mol. The van der Waals surface area contributed by atoms with E-state index in [9.17, 15) is 18.0 Å². The molecule has 8 nitrogen and oxygen atoms in total. The summed E-state index contributed by atoms with van der Waals surface area (Å²) in [7, 11) is -2.58. The maximum absolute atomic E-state index is 13.6. The van der Waals surface area contributed by atoms with Gasteiger partial charge in [0.2, 0.25) is 0 Å². The zero-order valence-corrected chi connectivity index (χ0v) is 17.7. The Morgan fingerprint density at radius 2 is 1.90 bits per heavy atom. The number of benzene rings is 1. The number of ether oxygens (including phenoxy) is 4. The van der Waals surface area contributed by atoms with Gasteiger partial charge < -0.3 is 18.9 Å². The van der Waals surface area contributed by atoms with Crippen molar-refractivity contribution in [2.45, 2.75) is 49.4 Å². The molecule has 160 valence electrons. The lowest BCUT2D eigenvalue weighted by Crippen LogP contribution is -2.67. The summed E-state index contributed by atoms with van der Waals surface area (Å²) >= 11 is 0. The Kier molecular flexibility index (Phi) is 6.42. The number of Topliss-reactive ketones (excluding diaryl/α,β-unsaturated/α-hetero) is 1. The molecule has 0 saturated carbocycles. The highest BCUT2D eigenvalue weighted by molar-refractivity contribution is 7.92. The molecule has 0 radical (unpaired) electrons. The van der Waals surface area contributed by atoms with Crippen molar-refractivity contribution in [3.8, 4) is 0 Å². The number of methoxy groups -OCH3 is 1. The number of carbonyl (C=O) groups excluding carboxylic acids is 2. The Bertz CT molecular complexity index is 863. The highest BCUT2D eigenvalue weighted by atomic mass is 32.2. The number of carbonyl (C=O) groups is 2. The average Bonchev–Trinajstić information content (AvgIpc) is 2.68. The van der Waals surface area contributed by atoms with Gasteiger partial charge in [-0.1, -0.05) is 17.7 Å².